The fraction of sp³-hybridized carbons (Fsp3) is 0.571. The summed E-state index contributed by atoms with van der Waals surface area (Å²) in [5.74, 6) is 0. The van der Waals surface area contributed by atoms with E-state index in [9.17, 15) is 49.7 Å². The minimum atomic E-state index is -6.17. The lowest BCUT2D eigenvalue weighted by Gasteiger charge is -2.35. The number of aryl methyl sites for hydroxylation is 2. The molecule has 1 aromatic carbocycles. The molecule has 0 fully saturated rings. The van der Waals surface area contributed by atoms with E-state index in [4.69, 9.17) is 0 Å². The third-order valence-electron chi connectivity index (χ3n) is 3.86. The molecule has 2 N–H and O–H groups in total. The van der Waals surface area contributed by atoms with Gasteiger partial charge in [0.05, 0.1) is 0 Å². The van der Waals surface area contributed by atoms with Crippen LogP contribution in [0.1, 0.15) is 29.2 Å². The zero-order chi connectivity index (χ0) is 20.2. The van der Waals surface area contributed by atoms with Crippen molar-refractivity contribution in [2.24, 2.45) is 0 Å². The first kappa shape index (κ1) is 21.6. The monoisotopic (exact) mass is 384 g/mol. The van der Waals surface area contributed by atoms with E-state index in [0.717, 1.165) is 6.92 Å². The van der Waals surface area contributed by atoms with Gasteiger partial charge < -0.3 is 10.2 Å². The van der Waals surface area contributed by atoms with Gasteiger partial charge in [-0.15, -0.1) is 0 Å². The van der Waals surface area contributed by atoms with Crippen molar-refractivity contribution in [3.8, 4) is 0 Å². The minimum absolute atomic E-state index is 0.145. The van der Waals surface area contributed by atoms with Crippen molar-refractivity contribution in [2.45, 2.75) is 50.5 Å². The summed E-state index contributed by atoms with van der Waals surface area (Å²) in [4.78, 5) is 0. The van der Waals surface area contributed by atoms with Crippen LogP contribution < -0.4 is 0 Å². The Balaban J connectivity index is 3.76. The van der Waals surface area contributed by atoms with Gasteiger partial charge in [-0.2, -0.15) is 39.5 Å². The summed E-state index contributed by atoms with van der Waals surface area (Å²) in [6.45, 7) is 1.78. The second kappa shape index (κ2) is 5.76. The second-order valence-electron chi connectivity index (χ2n) is 5.76. The van der Waals surface area contributed by atoms with Gasteiger partial charge >= 0.3 is 18.5 Å². The third kappa shape index (κ3) is 3.31. The van der Waals surface area contributed by atoms with E-state index in [0.29, 0.717) is 19.9 Å². The van der Waals surface area contributed by atoms with Crippen LogP contribution in [0.15, 0.2) is 12.1 Å². The fourth-order valence-corrected chi connectivity index (χ4v) is 2.35. The third-order valence-corrected chi connectivity index (χ3v) is 3.86. The molecule has 0 aliphatic heterocycles. The van der Waals surface area contributed by atoms with Gasteiger partial charge in [0.25, 0.3) is 5.60 Å². The number of aliphatic hydroxyl groups is 2. The maximum Gasteiger partial charge on any atom is 0.430 e. The molecule has 0 amide bonds. The van der Waals surface area contributed by atoms with Gasteiger partial charge in [0.2, 0.25) is 0 Å². The largest absolute Gasteiger partial charge is 0.430 e. The highest BCUT2D eigenvalue weighted by Crippen LogP contribution is 2.52. The summed E-state index contributed by atoms with van der Waals surface area (Å²) >= 11 is 0. The summed E-state index contributed by atoms with van der Waals surface area (Å²) in [7, 11) is 0. The number of benzene rings is 1. The molecule has 0 aliphatic rings. The topological polar surface area (TPSA) is 40.5 Å². The number of alkyl halides is 9. The molecule has 0 aromatic heterocycles. The highest BCUT2D eigenvalue weighted by atomic mass is 19.4. The molecule has 0 saturated carbocycles. The molecule has 1 aromatic rings. The van der Waals surface area contributed by atoms with Crippen LogP contribution in [-0.4, -0.2) is 28.7 Å². The maximum absolute atomic E-state index is 12.9. The lowest BCUT2D eigenvalue weighted by molar-refractivity contribution is -0.376. The van der Waals surface area contributed by atoms with E-state index in [2.05, 4.69) is 0 Å². The van der Waals surface area contributed by atoms with Crippen molar-refractivity contribution in [3.63, 3.8) is 0 Å². The van der Waals surface area contributed by atoms with Gasteiger partial charge in [-0.1, -0.05) is 12.1 Å². The second-order valence-corrected chi connectivity index (χ2v) is 5.76. The number of rotatable bonds is 2. The van der Waals surface area contributed by atoms with E-state index in [1.54, 1.807) is 0 Å². The molecular weight excluding hydrogens is 371 g/mol. The zero-order valence-electron chi connectivity index (χ0n) is 13.0. The molecule has 0 spiro atoms. The molecule has 0 bridgehead atoms. The quantitative estimate of drug-likeness (QED) is 0.743. The number of hydrogen-bond acceptors (Lipinski definition) is 2. The molecule has 25 heavy (non-hydrogen) atoms. The maximum atomic E-state index is 12.9. The van der Waals surface area contributed by atoms with Crippen LogP contribution in [0.2, 0.25) is 0 Å². The van der Waals surface area contributed by atoms with Crippen LogP contribution in [0, 0.1) is 13.8 Å². The van der Waals surface area contributed by atoms with Crippen LogP contribution in [0.3, 0.4) is 0 Å². The molecular formula is C14H13F9O2. The molecule has 1 atom stereocenters. The summed E-state index contributed by atoms with van der Waals surface area (Å²) in [6, 6.07) is 0.493. The molecule has 0 heterocycles. The van der Waals surface area contributed by atoms with Crippen molar-refractivity contribution in [1.82, 2.24) is 0 Å². The molecule has 11 heteroatoms. The normalized spacial score (nSPS) is 16.7. The van der Waals surface area contributed by atoms with Crippen LogP contribution in [-0.2, 0) is 11.2 Å². The van der Waals surface area contributed by atoms with E-state index in [1.165, 1.54) is 0 Å². The standard InChI is InChI=1S/C14H13F9O2/c1-6-5-9(11(25,13(18,19)20)14(21,22)23)7(2)4-8(6)10(3,24)12(15,16)17/h4-5,24-25H,1-3H3. The van der Waals surface area contributed by atoms with Gasteiger partial charge in [0.1, 0.15) is 0 Å². The molecule has 0 saturated heterocycles. The Morgan fingerprint density at radius 1 is 0.640 bits per heavy atom. The lowest BCUT2D eigenvalue weighted by Crippen LogP contribution is -2.54. The van der Waals surface area contributed by atoms with Gasteiger partial charge in [0, 0.05) is 5.56 Å². The molecule has 1 unspecified atom stereocenters. The lowest BCUT2D eigenvalue weighted by atomic mass is 9.82. The summed E-state index contributed by atoms with van der Waals surface area (Å²) in [5, 5.41) is 19.0. The van der Waals surface area contributed by atoms with Gasteiger partial charge in [-0.05, 0) is 37.5 Å². The summed E-state index contributed by atoms with van der Waals surface area (Å²) in [6.07, 6.45) is -17.6. The van der Waals surface area contributed by atoms with E-state index in [1.807, 2.05) is 0 Å². The first-order valence-electron chi connectivity index (χ1n) is 6.55. The average Bonchev–Trinajstić information content (AvgIpc) is 2.35. The molecule has 144 valence electrons. The van der Waals surface area contributed by atoms with Crippen LogP contribution >= 0.6 is 0 Å². The Morgan fingerprint density at radius 3 is 1.28 bits per heavy atom. The fourth-order valence-electron chi connectivity index (χ4n) is 2.35. The van der Waals surface area contributed by atoms with Crippen molar-refractivity contribution < 1.29 is 49.7 Å². The Hall–Kier alpha value is -1.49. The van der Waals surface area contributed by atoms with E-state index < -0.39 is 52.0 Å². The zero-order valence-corrected chi connectivity index (χ0v) is 13.0. The predicted molar refractivity (Wildman–Crippen MR) is 67.5 cm³/mol. The summed E-state index contributed by atoms with van der Waals surface area (Å²) < 4.78 is 116. The van der Waals surface area contributed by atoms with Crippen molar-refractivity contribution >= 4 is 0 Å². The average molecular weight is 384 g/mol. The number of hydrogen-bond donors (Lipinski definition) is 2. The SMILES string of the molecule is Cc1cc(C(O)(C(F)(F)F)C(F)(F)F)c(C)cc1C(C)(O)C(F)(F)F. The first-order chi connectivity index (χ1) is 10.8. The van der Waals surface area contributed by atoms with Crippen LogP contribution in [0.5, 0.6) is 0 Å². The van der Waals surface area contributed by atoms with Crippen LogP contribution in [0.25, 0.3) is 0 Å². The molecule has 0 aliphatic carbocycles. The van der Waals surface area contributed by atoms with E-state index >= 15 is 0 Å². The van der Waals surface area contributed by atoms with Gasteiger partial charge in [-0.25, -0.2) is 0 Å². The molecule has 2 nitrogen and oxygen atoms in total. The molecule has 0 radical (unpaired) electrons. The highest BCUT2D eigenvalue weighted by molar-refractivity contribution is 5.44. The van der Waals surface area contributed by atoms with Crippen molar-refractivity contribution in [2.75, 3.05) is 0 Å². The number of halogens is 9. The Kier molecular flexibility index (Phi) is 4.97. The molecule has 1 rings (SSSR count). The van der Waals surface area contributed by atoms with Crippen molar-refractivity contribution in [3.05, 3.63) is 34.4 Å². The van der Waals surface area contributed by atoms with Crippen molar-refractivity contribution in [1.29, 1.82) is 0 Å². The first-order valence-corrected chi connectivity index (χ1v) is 6.55. The Morgan fingerprint density at radius 2 is 0.960 bits per heavy atom. The highest BCUT2D eigenvalue weighted by Gasteiger charge is 2.72. The van der Waals surface area contributed by atoms with Gasteiger partial charge in [0.15, 0.2) is 5.60 Å². The smallest absolute Gasteiger partial charge is 0.376 e. The Labute approximate surface area is 135 Å². The van der Waals surface area contributed by atoms with Gasteiger partial charge in [-0.3, -0.25) is 0 Å². The minimum Gasteiger partial charge on any atom is -0.376 e. The Bertz CT molecular complexity index is 640. The van der Waals surface area contributed by atoms with Crippen LogP contribution in [0.4, 0.5) is 39.5 Å². The predicted octanol–water partition coefficient (Wildman–Crippen LogP) is 4.39. The summed E-state index contributed by atoms with van der Waals surface area (Å²) in [5.41, 5.74) is -13.0. The van der Waals surface area contributed by atoms with E-state index in [-0.39, 0.29) is 6.07 Å².